The lowest BCUT2D eigenvalue weighted by atomic mass is 10.2. The normalized spacial score (nSPS) is 16.8. The summed E-state index contributed by atoms with van der Waals surface area (Å²) in [5.74, 6) is -0.962. The monoisotopic (exact) mass is 276 g/mol. The van der Waals surface area contributed by atoms with Crippen molar-refractivity contribution in [3.63, 3.8) is 0 Å². The molecule has 20 heavy (non-hydrogen) atoms. The number of carbonyl (C=O) groups excluding carboxylic acids is 1. The second-order valence-electron chi connectivity index (χ2n) is 4.53. The van der Waals surface area contributed by atoms with Crippen LogP contribution < -0.4 is 10.1 Å². The van der Waals surface area contributed by atoms with Crippen LogP contribution in [0.4, 0.5) is 4.39 Å². The van der Waals surface area contributed by atoms with E-state index in [0.717, 1.165) is 24.7 Å². The predicted octanol–water partition coefficient (Wildman–Crippen LogP) is 1.30. The topological polar surface area (TPSA) is 69.0 Å². The third-order valence-corrected chi connectivity index (χ3v) is 3.33. The van der Waals surface area contributed by atoms with E-state index >= 15 is 0 Å². The van der Waals surface area contributed by atoms with Crippen molar-refractivity contribution in [2.24, 2.45) is 0 Å². The van der Waals surface area contributed by atoms with Gasteiger partial charge < -0.3 is 14.6 Å². The van der Waals surface area contributed by atoms with Crippen LogP contribution in [0.25, 0.3) is 0 Å². The van der Waals surface area contributed by atoms with Crippen LogP contribution in [0.3, 0.4) is 0 Å². The van der Waals surface area contributed by atoms with Gasteiger partial charge in [-0.1, -0.05) is 0 Å². The van der Waals surface area contributed by atoms with E-state index in [1.165, 1.54) is 13.3 Å². The molecule has 0 radical (unpaired) electrons. The van der Waals surface area contributed by atoms with Gasteiger partial charge in [0.05, 0.1) is 37.6 Å². The molecule has 1 atom stereocenters. The highest BCUT2D eigenvalue weighted by Crippen LogP contribution is 2.25. The standard InChI is InChI=1S/C13H13FN4O2/c1-20-8-4-9(14)12(16-5-8)13(19)17-10-2-3-18-7-15-6-11(10)18/h4-7,10H,2-3H2,1H3,(H,17,19). The molecule has 0 spiro atoms. The van der Waals surface area contributed by atoms with Crippen molar-refractivity contribution in [2.45, 2.75) is 19.0 Å². The number of aryl methyl sites for hydroxylation is 1. The summed E-state index contributed by atoms with van der Waals surface area (Å²) in [6, 6.07) is 0.981. The molecule has 1 unspecified atom stereocenters. The molecule has 0 fully saturated rings. The van der Waals surface area contributed by atoms with Gasteiger partial charge in [-0.15, -0.1) is 0 Å². The number of rotatable bonds is 3. The van der Waals surface area contributed by atoms with E-state index in [2.05, 4.69) is 15.3 Å². The largest absolute Gasteiger partial charge is 0.495 e. The van der Waals surface area contributed by atoms with E-state index in [-0.39, 0.29) is 17.5 Å². The SMILES string of the molecule is COc1cnc(C(=O)NC2CCn3cncc32)c(F)c1. The van der Waals surface area contributed by atoms with Crippen molar-refractivity contribution < 1.29 is 13.9 Å². The first kappa shape index (κ1) is 12.6. The average Bonchev–Trinajstić information content (AvgIpc) is 3.03. The summed E-state index contributed by atoms with van der Waals surface area (Å²) in [6.45, 7) is 0.790. The van der Waals surface area contributed by atoms with Crippen LogP contribution in [-0.2, 0) is 6.54 Å². The highest BCUT2D eigenvalue weighted by atomic mass is 19.1. The maximum Gasteiger partial charge on any atom is 0.273 e. The Hall–Kier alpha value is -2.44. The van der Waals surface area contributed by atoms with Crippen LogP contribution in [0.5, 0.6) is 5.75 Å². The number of amides is 1. The van der Waals surface area contributed by atoms with E-state index in [4.69, 9.17) is 4.74 Å². The molecular formula is C13H13FN4O2. The van der Waals surface area contributed by atoms with Gasteiger partial charge in [-0.05, 0) is 6.42 Å². The highest BCUT2D eigenvalue weighted by Gasteiger charge is 2.26. The smallest absolute Gasteiger partial charge is 0.273 e. The molecule has 2 aromatic heterocycles. The number of aromatic nitrogens is 3. The quantitative estimate of drug-likeness (QED) is 0.917. The number of nitrogens with zero attached hydrogens (tertiary/aromatic N) is 3. The number of hydrogen-bond donors (Lipinski definition) is 1. The zero-order valence-corrected chi connectivity index (χ0v) is 10.8. The second kappa shape index (κ2) is 4.92. The molecule has 3 heterocycles. The molecule has 1 N–H and O–H groups in total. The van der Waals surface area contributed by atoms with Gasteiger partial charge in [-0.25, -0.2) is 14.4 Å². The van der Waals surface area contributed by atoms with Crippen LogP contribution in [0.1, 0.15) is 28.6 Å². The Morgan fingerprint density at radius 2 is 2.40 bits per heavy atom. The summed E-state index contributed by atoms with van der Waals surface area (Å²) in [5.41, 5.74) is 0.691. The Bertz CT molecular complexity index is 656. The first-order valence-electron chi connectivity index (χ1n) is 6.19. The van der Waals surface area contributed by atoms with Gasteiger partial charge in [-0.3, -0.25) is 4.79 Å². The summed E-state index contributed by atoms with van der Waals surface area (Å²) in [6.07, 6.45) is 5.50. The molecule has 6 nitrogen and oxygen atoms in total. The van der Waals surface area contributed by atoms with E-state index in [9.17, 15) is 9.18 Å². The van der Waals surface area contributed by atoms with Crippen LogP contribution in [0, 0.1) is 5.82 Å². The van der Waals surface area contributed by atoms with Gasteiger partial charge in [0.15, 0.2) is 11.5 Å². The number of halogens is 1. The molecule has 1 aliphatic rings. The van der Waals surface area contributed by atoms with Crippen molar-refractivity contribution in [1.82, 2.24) is 19.9 Å². The van der Waals surface area contributed by atoms with Gasteiger partial charge in [0.1, 0.15) is 5.75 Å². The zero-order valence-electron chi connectivity index (χ0n) is 10.8. The minimum atomic E-state index is -0.701. The minimum Gasteiger partial charge on any atom is -0.495 e. The summed E-state index contributed by atoms with van der Waals surface area (Å²) in [7, 11) is 1.41. The average molecular weight is 276 g/mol. The fraction of sp³-hybridized carbons (Fsp3) is 0.308. The number of fused-ring (bicyclic) bond motifs is 1. The summed E-state index contributed by atoms with van der Waals surface area (Å²) in [4.78, 5) is 19.9. The lowest BCUT2D eigenvalue weighted by molar-refractivity contribution is 0.0927. The number of methoxy groups -OCH3 is 1. The fourth-order valence-electron chi connectivity index (χ4n) is 2.30. The molecule has 2 aromatic rings. The van der Waals surface area contributed by atoms with Crippen molar-refractivity contribution in [3.8, 4) is 5.75 Å². The number of ether oxygens (including phenoxy) is 1. The minimum absolute atomic E-state index is 0.159. The van der Waals surface area contributed by atoms with Crippen LogP contribution >= 0.6 is 0 Å². The third-order valence-electron chi connectivity index (χ3n) is 3.33. The lowest BCUT2D eigenvalue weighted by Crippen LogP contribution is -2.28. The second-order valence-corrected chi connectivity index (χ2v) is 4.53. The summed E-state index contributed by atoms with van der Waals surface area (Å²) < 4.78 is 20.6. The molecule has 0 saturated carbocycles. The molecule has 1 aliphatic heterocycles. The lowest BCUT2D eigenvalue weighted by Gasteiger charge is -2.12. The number of pyridine rings is 1. The molecule has 7 heteroatoms. The van der Waals surface area contributed by atoms with Gasteiger partial charge in [0, 0.05) is 12.6 Å². The van der Waals surface area contributed by atoms with E-state index in [1.54, 1.807) is 12.5 Å². The Morgan fingerprint density at radius 3 is 3.15 bits per heavy atom. The number of imidazole rings is 1. The highest BCUT2D eigenvalue weighted by molar-refractivity contribution is 5.92. The van der Waals surface area contributed by atoms with Crippen LogP contribution in [-0.4, -0.2) is 27.6 Å². The molecule has 0 aliphatic carbocycles. The molecule has 0 bridgehead atoms. The van der Waals surface area contributed by atoms with E-state index in [1.807, 2.05) is 4.57 Å². The molecular weight excluding hydrogens is 263 g/mol. The molecule has 1 amide bonds. The van der Waals surface area contributed by atoms with Gasteiger partial charge in [0.25, 0.3) is 5.91 Å². The maximum atomic E-state index is 13.8. The number of hydrogen-bond acceptors (Lipinski definition) is 4. The molecule has 3 rings (SSSR count). The zero-order chi connectivity index (χ0) is 14.1. The Morgan fingerprint density at radius 1 is 1.55 bits per heavy atom. The van der Waals surface area contributed by atoms with Crippen molar-refractivity contribution in [2.75, 3.05) is 7.11 Å². The number of nitrogens with one attached hydrogen (secondary N) is 1. The maximum absolute atomic E-state index is 13.8. The first-order valence-corrected chi connectivity index (χ1v) is 6.19. The Labute approximate surface area is 114 Å². The van der Waals surface area contributed by atoms with Crippen molar-refractivity contribution in [3.05, 3.63) is 42.0 Å². The van der Waals surface area contributed by atoms with Crippen LogP contribution in [0.15, 0.2) is 24.8 Å². The van der Waals surface area contributed by atoms with Gasteiger partial charge in [-0.2, -0.15) is 0 Å². The Kier molecular flexibility index (Phi) is 3.09. The summed E-state index contributed by atoms with van der Waals surface area (Å²) >= 11 is 0. The molecule has 0 saturated heterocycles. The van der Waals surface area contributed by atoms with Crippen molar-refractivity contribution in [1.29, 1.82) is 0 Å². The third kappa shape index (κ3) is 2.11. The van der Waals surface area contributed by atoms with E-state index < -0.39 is 11.7 Å². The van der Waals surface area contributed by atoms with Gasteiger partial charge in [0.2, 0.25) is 0 Å². The van der Waals surface area contributed by atoms with Crippen molar-refractivity contribution >= 4 is 5.91 Å². The molecule has 104 valence electrons. The fourth-order valence-corrected chi connectivity index (χ4v) is 2.30. The predicted molar refractivity (Wildman–Crippen MR) is 67.8 cm³/mol. The van der Waals surface area contributed by atoms with Gasteiger partial charge >= 0.3 is 0 Å². The Balaban J connectivity index is 1.77. The first-order chi connectivity index (χ1) is 9.69. The number of carbonyl (C=O) groups is 1. The van der Waals surface area contributed by atoms with Crippen LogP contribution in [0.2, 0.25) is 0 Å². The summed E-state index contributed by atoms with van der Waals surface area (Å²) in [5, 5.41) is 2.77. The molecule has 0 aromatic carbocycles. The van der Waals surface area contributed by atoms with E-state index in [0.29, 0.717) is 0 Å².